The Morgan fingerprint density at radius 1 is 1.08 bits per heavy atom. The fourth-order valence-corrected chi connectivity index (χ4v) is 2.61. The Balaban J connectivity index is 2.06. The molecular formula is C20H18N2O4. The van der Waals surface area contributed by atoms with Crippen molar-refractivity contribution in [2.24, 2.45) is 0 Å². The van der Waals surface area contributed by atoms with E-state index in [9.17, 15) is 9.59 Å². The lowest BCUT2D eigenvalue weighted by Gasteiger charge is -2.15. The Labute approximate surface area is 150 Å². The first-order valence-electron chi connectivity index (χ1n) is 8.24. The number of methoxy groups -OCH3 is 1. The molecule has 1 atom stereocenters. The van der Waals surface area contributed by atoms with Gasteiger partial charge in [0.25, 0.3) is 0 Å². The van der Waals surface area contributed by atoms with Gasteiger partial charge in [-0.2, -0.15) is 0 Å². The lowest BCUT2D eigenvalue weighted by Crippen LogP contribution is -2.27. The second-order valence-corrected chi connectivity index (χ2v) is 5.61. The predicted molar refractivity (Wildman–Crippen MR) is 96.5 cm³/mol. The van der Waals surface area contributed by atoms with Gasteiger partial charge in [0, 0.05) is 11.6 Å². The number of nitrogens with zero attached hydrogens (tertiary/aromatic N) is 2. The molecule has 0 saturated carbocycles. The van der Waals surface area contributed by atoms with E-state index in [-0.39, 0.29) is 0 Å². The normalized spacial score (nSPS) is 11.8. The lowest BCUT2D eigenvalue weighted by atomic mass is 10.1. The van der Waals surface area contributed by atoms with Crippen LogP contribution in [0.3, 0.4) is 0 Å². The number of aromatic nitrogens is 2. The molecule has 0 spiro atoms. The van der Waals surface area contributed by atoms with Gasteiger partial charge in [0.1, 0.15) is 0 Å². The summed E-state index contributed by atoms with van der Waals surface area (Å²) in [6.07, 6.45) is 1.04. The van der Waals surface area contributed by atoms with Crippen LogP contribution in [0.25, 0.3) is 22.3 Å². The lowest BCUT2D eigenvalue weighted by molar-refractivity contribution is -0.151. The van der Waals surface area contributed by atoms with Gasteiger partial charge >= 0.3 is 11.9 Å². The van der Waals surface area contributed by atoms with E-state index in [2.05, 4.69) is 14.7 Å². The zero-order chi connectivity index (χ0) is 18.5. The molecule has 3 rings (SSSR count). The van der Waals surface area contributed by atoms with Gasteiger partial charge in [-0.15, -0.1) is 0 Å². The molecule has 6 heteroatoms. The summed E-state index contributed by atoms with van der Waals surface area (Å²) in [5.74, 6) is -1.18. The molecule has 2 aromatic heterocycles. The molecular weight excluding hydrogens is 332 g/mol. The summed E-state index contributed by atoms with van der Waals surface area (Å²) in [4.78, 5) is 33.4. The highest BCUT2D eigenvalue weighted by Gasteiger charge is 2.24. The average Bonchev–Trinajstić information content (AvgIpc) is 2.71. The number of rotatable bonds is 5. The van der Waals surface area contributed by atoms with Gasteiger partial charge in [-0.05, 0) is 30.7 Å². The van der Waals surface area contributed by atoms with Crippen LogP contribution in [0.5, 0.6) is 0 Å². The van der Waals surface area contributed by atoms with Gasteiger partial charge in [-0.25, -0.2) is 14.6 Å². The van der Waals surface area contributed by atoms with Crippen LogP contribution in [0.4, 0.5) is 0 Å². The van der Waals surface area contributed by atoms with Crippen molar-refractivity contribution in [3.8, 4) is 11.4 Å². The summed E-state index contributed by atoms with van der Waals surface area (Å²) in [6.45, 7) is 1.75. The number of fused-ring (bicyclic) bond motifs is 1. The largest absolute Gasteiger partial charge is 0.466 e. The summed E-state index contributed by atoms with van der Waals surface area (Å²) >= 11 is 0. The molecule has 3 aromatic rings. The van der Waals surface area contributed by atoms with Crippen LogP contribution in [0, 0.1) is 0 Å². The van der Waals surface area contributed by atoms with Crippen molar-refractivity contribution in [3.63, 3.8) is 0 Å². The predicted octanol–water partition coefficient (Wildman–Crippen LogP) is 3.41. The van der Waals surface area contributed by atoms with E-state index in [1.54, 1.807) is 25.3 Å². The quantitative estimate of drug-likeness (QED) is 0.656. The summed E-state index contributed by atoms with van der Waals surface area (Å²) in [7, 11) is 1.26. The van der Waals surface area contributed by atoms with E-state index in [0.717, 1.165) is 0 Å². The second kappa shape index (κ2) is 7.74. The third kappa shape index (κ3) is 3.54. The first-order valence-corrected chi connectivity index (χ1v) is 8.24. The van der Waals surface area contributed by atoms with E-state index >= 15 is 0 Å². The number of hydrogen-bond acceptors (Lipinski definition) is 6. The van der Waals surface area contributed by atoms with E-state index in [1.165, 1.54) is 7.11 Å². The maximum absolute atomic E-state index is 12.8. The summed E-state index contributed by atoms with van der Waals surface area (Å²) < 4.78 is 10.1. The van der Waals surface area contributed by atoms with Crippen molar-refractivity contribution >= 4 is 22.8 Å². The summed E-state index contributed by atoms with van der Waals surface area (Å²) in [5, 5.41) is 0.650. The van der Waals surface area contributed by atoms with E-state index in [4.69, 9.17) is 4.74 Å². The summed E-state index contributed by atoms with van der Waals surface area (Å²) in [6, 6.07) is 14.4. The van der Waals surface area contributed by atoms with Crippen LogP contribution in [0.2, 0.25) is 0 Å². The number of ether oxygens (including phenoxy) is 2. The van der Waals surface area contributed by atoms with Crippen LogP contribution in [-0.2, 0) is 14.3 Å². The maximum Gasteiger partial charge on any atom is 0.347 e. The Morgan fingerprint density at radius 3 is 2.54 bits per heavy atom. The van der Waals surface area contributed by atoms with Crippen molar-refractivity contribution in [1.29, 1.82) is 0 Å². The number of pyridine rings is 2. The van der Waals surface area contributed by atoms with Gasteiger partial charge in [0.2, 0.25) is 0 Å². The highest BCUT2D eigenvalue weighted by molar-refractivity contribution is 6.05. The number of esters is 2. The molecule has 0 saturated heterocycles. The van der Waals surface area contributed by atoms with Crippen molar-refractivity contribution in [1.82, 2.24) is 9.97 Å². The van der Waals surface area contributed by atoms with Crippen LogP contribution in [-0.4, -0.2) is 35.1 Å². The minimum atomic E-state index is -0.947. The van der Waals surface area contributed by atoms with Crippen molar-refractivity contribution in [3.05, 3.63) is 60.3 Å². The standard InChI is InChI=1S/C20H18N2O4/c1-3-18(20(24)25-2)26-19(23)14-12-17(16-10-6-7-11-21-16)22-15-9-5-4-8-13(14)15/h4-12,18H,3H2,1-2H3/t18-/m0/s1. The minimum absolute atomic E-state index is 0.328. The first kappa shape index (κ1) is 17.5. The molecule has 6 nitrogen and oxygen atoms in total. The highest BCUT2D eigenvalue weighted by Crippen LogP contribution is 2.24. The molecule has 0 bridgehead atoms. The average molecular weight is 350 g/mol. The molecule has 1 aromatic carbocycles. The SMILES string of the molecule is CC[C@H](OC(=O)c1cc(-c2ccccn2)nc2ccccc12)C(=O)OC. The molecule has 0 fully saturated rings. The molecule has 2 heterocycles. The van der Waals surface area contributed by atoms with E-state index < -0.39 is 18.0 Å². The monoisotopic (exact) mass is 350 g/mol. The third-order valence-electron chi connectivity index (χ3n) is 3.95. The first-order chi connectivity index (χ1) is 12.6. The molecule has 0 radical (unpaired) electrons. The Hall–Kier alpha value is -3.28. The zero-order valence-corrected chi connectivity index (χ0v) is 14.5. The van der Waals surface area contributed by atoms with Gasteiger partial charge < -0.3 is 9.47 Å². The number of carbonyl (C=O) groups excluding carboxylic acids is 2. The minimum Gasteiger partial charge on any atom is -0.466 e. The zero-order valence-electron chi connectivity index (χ0n) is 14.5. The van der Waals surface area contributed by atoms with Crippen molar-refractivity contribution in [2.75, 3.05) is 7.11 Å². The second-order valence-electron chi connectivity index (χ2n) is 5.61. The molecule has 0 unspecified atom stereocenters. The van der Waals surface area contributed by atoms with Crippen LogP contribution in [0.15, 0.2) is 54.7 Å². The number of para-hydroxylation sites is 1. The number of hydrogen-bond donors (Lipinski definition) is 0. The van der Waals surface area contributed by atoms with Gasteiger partial charge in [0.05, 0.1) is 29.6 Å². The number of carbonyl (C=O) groups is 2. The van der Waals surface area contributed by atoms with Crippen molar-refractivity contribution < 1.29 is 19.1 Å². The van der Waals surface area contributed by atoms with Crippen LogP contribution < -0.4 is 0 Å². The fraction of sp³-hybridized carbons (Fsp3) is 0.200. The highest BCUT2D eigenvalue weighted by atomic mass is 16.6. The van der Waals surface area contributed by atoms with Crippen LogP contribution in [0.1, 0.15) is 23.7 Å². The Bertz CT molecular complexity index is 941. The smallest absolute Gasteiger partial charge is 0.347 e. The number of benzene rings is 1. The van der Waals surface area contributed by atoms with Crippen molar-refractivity contribution in [2.45, 2.75) is 19.4 Å². The topological polar surface area (TPSA) is 78.4 Å². The molecule has 0 N–H and O–H groups in total. The summed E-state index contributed by atoms with van der Waals surface area (Å²) in [5.41, 5.74) is 2.18. The van der Waals surface area contributed by atoms with Gasteiger partial charge in [-0.3, -0.25) is 4.98 Å². The van der Waals surface area contributed by atoms with Gasteiger partial charge in [0.15, 0.2) is 6.10 Å². The molecule has 0 aliphatic rings. The Morgan fingerprint density at radius 2 is 1.85 bits per heavy atom. The van der Waals surface area contributed by atoms with E-state index in [0.29, 0.717) is 34.3 Å². The molecule has 132 valence electrons. The third-order valence-corrected chi connectivity index (χ3v) is 3.95. The molecule has 26 heavy (non-hydrogen) atoms. The molecule has 0 aliphatic heterocycles. The molecule has 0 aliphatic carbocycles. The molecule has 0 amide bonds. The fourth-order valence-electron chi connectivity index (χ4n) is 2.61. The van der Waals surface area contributed by atoms with E-state index in [1.807, 2.05) is 36.4 Å². The van der Waals surface area contributed by atoms with Crippen LogP contribution >= 0.6 is 0 Å². The maximum atomic E-state index is 12.8. The van der Waals surface area contributed by atoms with Gasteiger partial charge in [-0.1, -0.05) is 31.2 Å². The Kier molecular flexibility index (Phi) is 5.22.